The fraction of sp³-hybridized carbons (Fsp3) is 0.409. The monoisotopic (exact) mass is 416 g/mol. The molecule has 6 nitrogen and oxygen atoms in total. The molecule has 7 heteroatoms. The molecule has 0 aliphatic carbocycles. The molecule has 0 N–H and O–H groups in total. The highest BCUT2D eigenvalue weighted by atomic mass is 32.2. The molecular weight excluding hydrogens is 388 g/mol. The third-order valence-electron chi connectivity index (χ3n) is 5.24. The Morgan fingerprint density at radius 1 is 1.17 bits per heavy atom. The maximum absolute atomic E-state index is 13.2. The summed E-state index contributed by atoms with van der Waals surface area (Å²) in [5.41, 5.74) is 3.76. The topological polar surface area (TPSA) is 66.9 Å². The summed E-state index contributed by atoms with van der Waals surface area (Å²) < 4.78 is 32.0. The van der Waals surface area contributed by atoms with Gasteiger partial charge in [-0.2, -0.15) is 0 Å². The van der Waals surface area contributed by atoms with Crippen molar-refractivity contribution in [2.75, 3.05) is 25.5 Å². The molecule has 0 saturated heterocycles. The van der Waals surface area contributed by atoms with E-state index < -0.39 is 16.1 Å². The lowest BCUT2D eigenvalue weighted by atomic mass is 10.1. The molecule has 1 amide bonds. The van der Waals surface area contributed by atoms with E-state index in [2.05, 4.69) is 0 Å². The van der Waals surface area contributed by atoms with Gasteiger partial charge in [0, 0.05) is 26.3 Å². The molecule has 0 unspecified atom stereocenters. The molecule has 156 valence electrons. The summed E-state index contributed by atoms with van der Waals surface area (Å²) in [6.45, 7) is 6.44. The molecule has 1 aliphatic heterocycles. The Bertz CT molecular complexity index is 1030. The minimum Gasteiger partial charge on any atom is -0.480 e. The zero-order valence-corrected chi connectivity index (χ0v) is 18.4. The van der Waals surface area contributed by atoms with Gasteiger partial charge in [0.2, 0.25) is 10.0 Å². The lowest BCUT2D eigenvalue weighted by molar-refractivity contribution is -0.125. The number of aryl methyl sites for hydroxylation is 2. The highest BCUT2D eigenvalue weighted by Crippen LogP contribution is 2.32. The van der Waals surface area contributed by atoms with E-state index in [0.717, 1.165) is 22.4 Å². The molecule has 0 saturated carbocycles. The summed E-state index contributed by atoms with van der Waals surface area (Å²) in [7, 11) is -0.484. The number of nitrogens with zero attached hydrogens (tertiary/aromatic N) is 2. The molecule has 1 atom stereocenters. The number of anilines is 1. The zero-order valence-electron chi connectivity index (χ0n) is 17.6. The van der Waals surface area contributed by atoms with E-state index in [1.165, 1.54) is 18.4 Å². The predicted molar refractivity (Wildman–Crippen MR) is 114 cm³/mol. The molecule has 0 fully saturated rings. The Morgan fingerprint density at radius 2 is 1.90 bits per heavy atom. The van der Waals surface area contributed by atoms with Crippen LogP contribution in [-0.4, -0.2) is 45.4 Å². The third kappa shape index (κ3) is 4.16. The van der Waals surface area contributed by atoms with Gasteiger partial charge in [0.1, 0.15) is 5.75 Å². The first-order chi connectivity index (χ1) is 13.6. The normalized spacial score (nSPS) is 14.8. The van der Waals surface area contributed by atoms with Gasteiger partial charge in [-0.1, -0.05) is 24.6 Å². The van der Waals surface area contributed by atoms with Crippen LogP contribution in [-0.2, 0) is 21.2 Å². The average Bonchev–Trinajstić information content (AvgIpc) is 3.10. The standard InChI is InChI=1S/C22H28N2O4S/c1-6-20(28-21-10-7-15(2)13-16(21)3)22(25)24-12-11-17-14-18(8-9-19(17)24)29(26,27)23(4)5/h7-10,13-14,20H,6,11-12H2,1-5H3/t20-/m1/s1. The van der Waals surface area contributed by atoms with Gasteiger partial charge in [0.15, 0.2) is 6.10 Å². The predicted octanol–water partition coefficient (Wildman–Crippen LogP) is 3.30. The summed E-state index contributed by atoms with van der Waals surface area (Å²) in [4.78, 5) is 15.1. The van der Waals surface area contributed by atoms with Crippen LogP contribution in [0.1, 0.15) is 30.0 Å². The van der Waals surface area contributed by atoms with E-state index >= 15 is 0 Å². The van der Waals surface area contributed by atoms with Gasteiger partial charge in [0.05, 0.1) is 4.90 Å². The van der Waals surface area contributed by atoms with E-state index in [0.29, 0.717) is 25.1 Å². The van der Waals surface area contributed by atoms with Crippen molar-refractivity contribution >= 4 is 21.6 Å². The number of amides is 1. The number of hydrogen-bond donors (Lipinski definition) is 0. The highest BCUT2D eigenvalue weighted by molar-refractivity contribution is 7.89. The van der Waals surface area contributed by atoms with Crippen molar-refractivity contribution in [1.29, 1.82) is 0 Å². The van der Waals surface area contributed by atoms with Crippen LogP contribution in [0.5, 0.6) is 5.75 Å². The van der Waals surface area contributed by atoms with Crippen LogP contribution in [0.2, 0.25) is 0 Å². The summed E-state index contributed by atoms with van der Waals surface area (Å²) >= 11 is 0. The molecule has 1 aliphatic rings. The SMILES string of the molecule is CC[C@@H](Oc1ccc(C)cc1C)C(=O)N1CCc2cc(S(=O)(=O)N(C)C)ccc21. The third-order valence-corrected chi connectivity index (χ3v) is 7.05. The molecule has 0 radical (unpaired) electrons. The van der Waals surface area contributed by atoms with Crippen LogP contribution in [0.4, 0.5) is 5.69 Å². The second-order valence-corrected chi connectivity index (χ2v) is 9.75. The number of fused-ring (bicyclic) bond motifs is 1. The van der Waals surface area contributed by atoms with Crippen molar-refractivity contribution in [2.45, 2.75) is 44.6 Å². The zero-order chi connectivity index (χ0) is 21.3. The summed E-state index contributed by atoms with van der Waals surface area (Å²) in [6, 6.07) is 10.9. The minimum absolute atomic E-state index is 0.102. The Balaban J connectivity index is 1.84. The number of hydrogen-bond acceptors (Lipinski definition) is 4. The van der Waals surface area contributed by atoms with Crippen LogP contribution < -0.4 is 9.64 Å². The molecule has 0 aromatic heterocycles. The molecule has 0 spiro atoms. The van der Waals surface area contributed by atoms with Crippen molar-refractivity contribution in [2.24, 2.45) is 0 Å². The number of benzene rings is 2. The number of carbonyl (C=O) groups excluding carboxylic acids is 1. The summed E-state index contributed by atoms with van der Waals surface area (Å²) in [5, 5.41) is 0. The fourth-order valence-electron chi connectivity index (χ4n) is 3.55. The van der Waals surface area contributed by atoms with E-state index in [1.807, 2.05) is 39.0 Å². The van der Waals surface area contributed by atoms with E-state index in [9.17, 15) is 13.2 Å². The minimum atomic E-state index is -3.50. The van der Waals surface area contributed by atoms with Crippen LogP contribution >= 0.6 is 0 Å². The fourth-order valence-corrected chi connectivity index (χ4v) is 4.50. The van der Waals surface area contributed by atoms with Gasteiger partial charge >= 0.3 is 0 Å². The summed E-state index contributed by atoms with van der Waals surface area (Å²) in [6.07, 6.45) is 0.579. The van der Waals surface area contributed by atoms with Gasteiger partial charge in [-0.25, -0.2) is 12.7 Å². The van der Waals surface area contributed by atoms with Crippen molar-refractivity contribution in [1.82, 2.24) is 4.31 Å². The molecular formula is C22H28N2O4S. The van der Waals surface area contributed by atoms with Crippen molar-refractivity contribution in [3.63, 3.8) is 0 Å². The van der Waals surface area contributed by atoms with Crippen LogP contribution in [0.15, 0.2) is 41.3 Å². The Morgan fingerprint density at radius 3 is 2.52 bits per heavy atom. The summed E-state index contributed by atoms with van der Waals surface area (Å²) in [5.74, 6) is 0.608. The Kier molecular flexibility index (Phi) is 6.00. The second-order valence-electron chi connectivity index (χ2n) is 7.60. The van der Waals surface area contributed by atoms with Gasteiger partial charge < -0.3 is 9.64 Å². The lowest BCUT2D eigenvalue weighted by Crippen LogP contribution is -2.41. The van der Waals surface area contributed by atoms with E-state index in [-0.39, 0.29) is 10.8 Å². The number of ether oxygens (including phenoxy) is 1. The van der Waals surface area contributed by atoms with Crippen LogP contribution in [0, 0.1) is 13.8 Å². The molecule has 2 aromatic rings. The first-order valence-electron chi connectivity index (χ1n) is 9.76. The van der Waals surface area contributed by atoms with Gasteiger partial charge in [-0.3, -0.25) is 4.79 Å². The maximum atomic E-state index is 13.2. The second kappa shape index (κ2) is 8.16. The van der Waals surface area contributed by atoms with Crippen molar-refractivity contribution in [3.05, 3.63) is 53.1 Å². The van der Waals surface area contributed by atoms with E-state index in [4.69, 9.17) is 4.74 Å². The van der Waals surface area contributed by atoms with Gasteiger partial charge in [0.25, 0.3) is 5.91 Å². The first kappa shape index (κ1) is 21.3. The largest absolute Gasteiger partial charge is 0.480 e. The Labute approximate surface area is 173 Å². The maximum Gasteiger partial charge on any atom is 0.268 e. The smallest absolute Gasteiger partial charge is 0.268 e. The number of carbonyl (C=O) groups is 1. The molecule has 0 bridgehead atoms. The van der Waals surface area contributed by atoms with Crippen molar-refractivity contribution < 1.29 is 17.9 Å². The average molecular weight is 417 g/mol. The first-order valence-corrected chi connectivity index (χ1v) is 11.2. The van der Waals surface area contributed by atoms with Crippen LogP contribution in [0.25, 0.3) is 0 Å². The number of sulfonamides is 1. The Hall–Kier alpha value is -2.38. The van der Waals surface area contributed by atoms with Gasteiger partial charge in [-0.15, -0.1) is 0 Å². The molecule has 29 heavy (non-hydrogen) atoms. The quantitative estimate of drug-likeness (QED) is 0.725. The molecule has 3 rings (SSSR count). The van der Waals surface area contributed by atoms with Crippen LogP contribution in [0.3, 0.4) is 0 Å². The lowest BCUT2D eigenvalue weighted by Gasteiger charge is -2.25. The van der Waals surface area contributed by atoms with Gasteiger partial charge in [-0.05, 0) is 62.1 Å². The van der Waals surface area contributed by atoms with E-state index in [1.54, 1.807) is 23.1 Å². The molecule has 1 heterocycles. The number of rotatable bonds is 6. The highest BCUT2D eigenvalue weighted by Gasteiger charge is 2.32. The van der Waals surface area contributed by atoms with Crippen molar-refractivity contribution in [3.8, 4) is 5.75 Å². The molecule has 2 aromatic carbocycles.